The van der Waals surface area contributed by atoms with Crippen LogP contribution >= 0.6 is 0 Å². The van der Waals surface area contributed by atoms with E-state index in [1.165, 1.54) is 0 Å². The maximum absolute atomic E-state index is 10.1. The fourth-order valence-corrected chi connectivity index (χ4v) is 0.795. The minimum Gasteiger partial charge on any atom is -0.448 e. The Morgan fingerprint density at radius 1 is 1.54 bits per heavy atom. The quantitative estimate of drug-likeness (QED) is 0.302. The maximum atomic E-state index is 10.1. The number of carbonyl (C=O) groups is 1. The van der Waals surface area contributed by atoms with Crippen LogP contribution in [0.5, 0.6) is 0 Å². The number of hydrogen-bond donors (Lipinski definition) is 3. The van der Waals surface area contributed by atoms with Crippen molar-refractivity contribution in [3.8, 4) is 0 Å². The topological polar surface area (TPSA) is 103 Å². The summed E-state index contributed by atoms with van der Waals surface area (Å²) in [5.41, 5.74) is 10.2. The highest BCUT2D eigenvalue weighted by Crippen LogP contribution is 2.17. The molecule has 6 heteroatoms. The highest BCUT2D eigenvalue weighted by atomic mass is 16.5. The molecule has 1 saturated carbocycles. The minimum atomic E-state index is -0.788. The highest BCUT2D eigenvalue weighted by molar-refractivity contribution is 5.78. The Hall–Kier alpha value is -1.46. The van der Waals surface area contributed by atoms with Crippen LogP contribution in [0.15, 0.2) is 4.99 Å². The second-order valence-corrected chi connectivity index (χ2v) is 2.85. The molecule has 1 rings (SSSR count). The number of nitrogens with two attached hydrogens (primary N) is 2. The molecule has 1 amide bonds. The number of nitrogens with zero attached hydrogens (tertiary/aromatic N) is 1. The zero-order valence-electron chi connectivity index (χ0n) is 7.32. The van der Waals surface area contributed by atoms with Gasteiger partial charge in [-0.15, -0.1) is 0 Å². The Kier molecular flexibility index (Phi) is 3.36. The zero-order chi connectivity index (χ0) is 9.68. The standard InChI is InChI=1S/C7H14N4O2/c8-6(11-5-1-2-5)10-3-4-13-7(9)12/h5H,1-4H2,(H2,9,12)(H3,8,10,11). The lowest BCUT2D eigenvalue weighted by Gasteiger charge is -2.02. The summed E-state index contributed by atoms with van der Waals surface area (Å²) < 4.78 is 4.46. The van der Waals surface area contributed by atoms with Crippen LogP contribution in [0.4, 0.5) is 4.79 Å². The molecule has 1 aliphatic rings. The van der Waals surface area contributed by atoms with E-state index in [0.717, 1.165) is 12.8 Å². The van der Waals surface area contributed by atoms with E-state index in [1.54, 1.807) is 0 Å². The Morgan fingerprint density at radius 2 is 2.23 bits per heavy atom. The molecule has 1 aliphatic carbocycles. The van der Waals surface area contributed by atoms with Crippen molar-refractivity contribution < 1.29 is 9.53 Å². The first kappa shape index (κ1) is 9.63. The van der Waals surface area contributed by atoms with E-state index >= 15 is 0 Å². The molecular formula is C7H14N4O2. The van der Waals surface area contributed by atoms with Crippen LogP contribution in [0.25, 0.3) is 0 Å². The molecule has 0 bridgehead atoms. The van der Waals surface area contributed by atoms with E-state index < -0.39 is 6.09 Å². The average Bonchev–Trinajstić information content (AvgIpc) is 2.81. The van der Waals surface area contributed by atoms with Crippen molar-refractivity contribution in [1.82, 2.24) is 5.32 Å². The molecular weight excluding hydrogens is 172 g/mol. The lowest BCUT2D eigenvalue weighted by Crippen LogP contribution is -2.33. The van der Waals surface area contributed by atoms with Crippen LogP contribution in [-0.2, 0) is 4.74 Å². The molecule has 5 N–H and O–H groups in total. The summed E-state index contributed by atoms with van der Waals surface area (Å²) in [7, 11) is 0. The first-order chi connectivity index (χ1) is 6.18. The molecule has 1 fully saturated rings. The van der Waals surface area contributed by atoms with E-state index in [0.29, 0.717) is 18.5 Å². The van der Waals surface area contributed by atoms with Gasteiger partial charge in [0, 0.05) is 6.04 Å². The van der Waals surface area contributed by atoms with Gasteiger partial charge in [0.2, 0.25) is 0 Å². The highest BCUT2D eigenvalue weighted by Gasteiger charge is 2.21. The van der Waals surface area contributed by atoms with Crippen LogP contribution in [0.3, 0.4) is 0 Å². The number of carbonyl (C=O) groups excluding carboxylic acids is 1. The van der Waals surface area contributed by atoms with Crippen molar-refractivity contribution in [3.63, 3.8) is 0 Å². The molecule has 0 aliphatic heterocycles. The van der Waals surface area contributed by atoms with Crippen molar-refractivity contribution in [3.05, 3.63) is 0 Å². The van der Waals surface area contributed by atoms with Gasteiger partial charge in [0.05, 0.1) is 6.54 Å². The summed E-state index contributed by atoms with van der Waals surface area (Å²) in [4.78, 5) is 14.1. The second-order valence-electron chi connectivity index (χ2n) is 2.85. The Labute approximate surface area is 76.3 Å². The van der Waals surface area contributed by atoms with E-state index in [9.17, 15) is 4.79 Å². The summed E-state index contributed by atoms with van der Waals surface area (Å²) >= 11 is 0. The number of ether oxygens (including phenoxy) is 1. The summed E-state index contributed by atoms with van der Waals surface area (Å²) in [5, 5.41) is 3.00. The molecule has 0 unspecified atom stereocenters. The predicted octanol–water partition coefficient (Wildman–Crippen LogP) is -0.852. The number of rotatable bonds is 4. The second kappa shape index (κ2) is 4.54. The molecule has 0 aromatic heterocycles. The van der Waals surface area contributed by atoms with Gasteiger partial charge in [-0.25, -0.2) is 9.79 Å². The van der Waals surface area contributed by atoms with Gasteiger partial charge in [-0.1, -0.05) is 0 Å². The largest absolute Gasteiger partial charge is 0.448 e. The average molecular weight is 186 g/mol. The fourth-order valence-electron chi connectivity index (χ4n) is 0.795. The summed E-state index contributed by atoms with van der Waals surface area (Å²) in [6, 6.07) is 0.487. The predicted molar refractivity (Wildman–Crippen MR) is 48.2 cm³/mol. The lowest BCUT2D eigenvalue weighted by atomic mass is 10.6. The SMILES string of the molecule is NC(=O)OCCN=C(N)NC1CC1. The van der Waals surface area contributed by atoms with Gasteiger partial charge < -0.3 is 21.5 Å². The first-order valence-electron chi connectivity index (χ1n) is 4.17. The summed E-state index contributed by atoms with van der Waals surface area (Å²) in [6.45, 7) is 0.511. The van der Waals surface area contributed by atoms with Crippen LogP contribution in [-0.4, -0.2) is 31.2 Å². The van der Waals surface area contributed by atoms with E-state index in [-0.39, 0.29) is 6.61 Å². The van der Waals surface area contributed by atoms with E-state index in [4.69, 9.17) is 11.5 Å². The smallest absolute Gasteiger partial charge is 0.404 e. The van der Waals surface area contributed by atoms with Gasteiger partial charge in [-0.3, -0.25) is 0 Å². The van der Waals surface area contributed by atoms with Gasteiger partial charge in [0.25, 0.3) is 0 Å². The van der Waals surface area contributed by atoms with Crippen molar-refractivity contribution in [2.45, 2.75) is 18.9 Å². The van der Waals surface area contributed by atoms with Gasteiger partial charge in [-0.2, -0.15) is 0 Å². The third-order valence-electron chi connectivity index (χ3n) is 1.55. The van der Waals surface area contributed by atoms with Crippen LogP contribution in [0, 0.1) is 0 Å². The fraction of sp³-hybridized carbons (Fsp3) is 0.714. The van der Waals surface area contributed by atoms with Crippen LogP contribution < -0.4 is 16.8 Å². The molecule has 0 aromatic rings. The molecule has 0 spiro atoms. The third-order valence-corrected chi connectivity index (χ3v) is 1.55. The minimum absolute atomic E-state index is 0.169. The Balaban J connectivity index is 2.03. The normalized spacial score (nSPS) is 16.8. The van der Waals surface area contributed by atoms with Gasteiger partial charge in [0.1, 0.15) is 6.61 Å². The molecule has 74 valence electrons. The number of primary amides is 1. The van der Waals surface area contributed by atoms with E-state index in [1.807, 2.05) is 0 Å². The number of hydrogen-bond acceptors (Lipinski definition) is 3. The number of amides is 1. The van der Waals surface area contributed by atoms with Crippen molar-refractivity contribution in [2.75, 3.05) is 13.2 Å². The summed E-state index contributed by atoms with van der Waals surface area (Å²) in [6.07, 6.45) is 1.51. The molecule has 0 aromatic carbocycles. The molecule has 6 nitrogen and oxygen atoms in total. The monoisotopic (exact) mass is 186 g/mol. The number of guanidine groups is 1. The molecule has 13 heavy (non-hydrogen) atoms. The van der Waals surface area contributed by atoms with Crippen molar-refractivity contribution in [1.29, 1.82) is 0 Å². The van der Waals surface area contributed by atoms with Crippen LogP contribution in [0.2, 0.25) is 0 Å². The Bertz CT molecular complexity index is 213. The maximum Gasteiger partial charge on any atom is 0.404 e. The van der Waals surface area contributed by atoms with E-state index in [2.05, 4.69) is 15.0 Å². The molecule has 0 radical (unpaired) electrons. The molecule has 0 atom stereocenters. The Morgan fingerprint density at radius 3 is 2.77 bits per heavy atom. The van der Waals surface area contributed by atoms with Crippen molar-refractivity contribution in [2.24, 2.45) is 16.5 Å². The molecule has 0 saturated heterocycles. The number of nitrogens with one attached hydrogen (secondary N) is 1. The summed E-state index contributed by atoms with van der Waals surface area (Å²) in [5.74, 6) is 0.399. The van der Waals surface area contributed by atoms with Gasteiger partial charge in [0.15, 0.2) is 5.96 Å². The van der Waals surface area contributed by atoms with Gasteiger partial charge in [-0.05, 0) is 12.8 Å². The van der Waals surface area contributed by atoms with Gasteiger partial charge >= 0.3 is 6.09 Å². The third kappa shape index (κ3) is 4.89. The van der Waals surface area contributed by atoms with Crippen molar-refractivity contribution >= 4 is 12.1 Å². The zero-order valence-corrected chi connectivity index (χ0v) is 7.32. The lowest BCUT2D eigenvalue weighted by molar-refractivity contribution is 0.160. The number of aliphatic imine (C=N–C) groups is 1. The first-order valence-corrected chi connectivity index (χ1v) is 4.17. The molecule has 0 heterocycles. The van der Waals surface area contributed by atoms with Crippen LogP contribution in [0.1, 0.15) is 12.8 Å².